The third kappa shape index (κ3) is 3.80. The van der Waals surface area contributed by atoms with Gasteiger partial charge < -0.3 is 14.5 Å². The van der Waals surface area contributed by atoms with Crippen molar-refractivity contribution in [2.45, 2.75) is 6.92 Å². The van der Waals surface area contributed by atoms with E-state index >= 15 is 0 Å². The predicted molar refractivity (Wildman–Crippen MR) is 87.7 cm³/mol. The van der Waals surface area contributed by atoms with E-state index in [1.165, 1.54) is 30.5 Å². The number of benzene rings is 1. The fraction of sp³-hybridized carbons (Fsp3) is 0.133. The molecule has 25 heavy (non-hydrogen) atoms. The maximum Gasteiger partial charge on any atom is 0.413 e. The first-order chi connectivity index (χ1) is 12.0. The number of aromatic nitrogens is 3. The van der Waals surface area contributed by atoms with E-state index in [4.69, 9.17) is 9.47 Å². The quantitative estimate of drug-likeness (QED) is 0.537. The zero-order valence-electron chi connectivity index (χ0n) is 13.1. The van der Waals surface area contributed by atoms with Crippen molar-refractivity contribution in [1.29, 1.82) is 0 Å². The molecule has 3 aromatic rings. The summed E-state index contributed by atoms with van der Waals surface area (Å²) in [6, 6.07) is 7.28. The Labute approximate surface area is 141 Å². The van der Waals surface area contributed by atoms with E-state index in [-0.39, 0.29) is 18.2 Å². The Balaban J connectivity index is 1.76. The molecule has 0 aliphatic rings. The van der Waals surface area contributed by atoms with Crippen LogP contribution in [-0.4, -0.2) is 32.6 Å². The van der Waals surface area contributed by atoms with Gasteiger partial charge in [0, 0.05) is 18.2 Å². The number of fused-ring (bicyclic) bond motifs is 1. The Kier molecular flexibility index (Phi) is 4.42. The minimum absolute atomic E-state index is 0.0251. The Morgan fingerprint density at radius 2 is 2.08 bits per heavy atom. The van der Waals surface area contributed by atoms with E-state index in [2.05, 4.69) is 20.3 Å². The molecule has 1 amide bonds. The van der Waals surface area contributed by atoms with Crippen molar-refractivity contribution in [3.8, 4) is 11.5 Å². The molecule has 128 valence electrons. The van der Waals surface area contributed by atoms with Crippen LogP contribution in [0.1, 0.15) is 6.92 Å². The van der Waals surface area contributed by atoms with E-state index in [1.54, 1.807) is 13.0 Å². The first kappa shape index (κ1) is 16.2. The first-order valence-corrected chi connectivity index (χ1v) is 7.27. The first-order valence-electron chi connectivity index (χ1n) is 7.27. The molecule has 0 unspecified atom stereocenters. The minimum atomic E-state index is -0.621. The van der Waals surface area contributed by atoms with Crippen LogP contribution in [0.3, 0.4) is 0 Å². The van der Waals surface area contributed by atoms with Gasteiger partial charge in [0.2, 0.25) is 5.95 Å². The van der Waals surface area contributed by atoms with Crippen molar-refractivity contribution in [3.63, 3.8) is 0 Å². The van der Waals surface area contributed by atoms with Crippen LogP contribution in [0.15, 0.2) is 36.5 Å². The zero-order chi connectivity index (χ0) is 17.8. The molecule has 10 nitrogen and oxygen atoms in total. The number of rotatable bonds is 5. The van der Waals surface area contributed by atoms with E-state index in [0.29, 0.717) is 22.7 Å². The van der Waals surface area contributed by atoms with Crippen LogP contribution in [0.2, 0.25) is 0 Å². The van der Waals surface area contributed by atoms with Gasteiger partial charge in [0.05, 0.1) is 17.7 Å². The van der Waals surface area contributed by atoms with Crippen molar-refractivity contribution in [2.75, 3.05) is 11.9 Å². The Morgan fingerprint density at radius 3 is 2.76 bits per heavy atom. The highest BCUT2D eigenvalue weighted by Gasteiger charge is 2.10. The van der Waals surface area contributed by atoms with Crippen LogP contribution in [0.25, 0.3) is 11.2 Å². The number of anilines is 1. The molecule has 0 bridgehead atoms. The molecule has 0 saturated heterocycles. The summed E-state index contributed by atoms with van der Waals surface area (Å²) in [6.45, 7) is 1.94. The summed E-state index contributed by atoms with van der Waals surface area (Å²) in [5, 5.41) is 13.1. The van der Waals surface area contributed by atoms with E-state index in [1.807, 2.05) is 0 Å². The Morgan fingerprint density at radius 1 is 1.32 bits per heavy atom. The van der Waals surface area contributed by atoms with Crippen molar-refractivity contribution in [3.05, 3.63) is 46.6 Å². The molecule has 0 aliphatic carbocycles. The molecule has 0 atom stereocenters. The van der Waals surface area contributed by atoms with Gasteiger partial charge in [0.1, 0.15) is 17.0 Å². The highest BCUT2D eigenvalue weighted by atomic mass is 16.6. The fourth-order valence-electron chi connectivity index (χ4n) is 2.03. The zero-order valence-corrected chi connectivity index (χ0v) is 13.1. The summed E-state index contributed by atoms with van der Waals surface area (Å²) in [5.74, 6) is 1.02. The number of nitrogens with one attached hydrogen (secondary N) is 2. The second kappa shape index (κ2) is 6.83. The Bertz CT molecular complexity index is 922. The van der Waals surface area contributed by atoms with Crippen LogP contribution in [0, 0.1) is 10.1 Å². The highest BCUT2D eigenvalue weighted by molar-refractivity contribution is 5.85. The molecule has 10 heteroatoms. The average Bonchev–Trinajstić information content (AvgIpc) is 2.97. The summed E-state index contributed by atoms with van der Waals surface area (Å²) < 4.78 is 10.4. The molecular formula is C15H13N5O5. The van der Waals surface area contributed by atoms with Crippen LogP contribution in [-0.2, 0) is 4.74 Å². The predicted octanol–water partition coefficient (Wildman–Crippen LogP) is 3.23. The molecule has 2 aromatic heterocycles. The fourth-order valence-corrected chi connectivity index (χ4v) is 2.03. The third-order valence-corrected chi connectivity index (χ3v) is 3.09. The van der Waals surface area contributed by atoms with Crippen molar-refractivity contribution in [1.82, 2.24) is 15.0 Å². The molecular weight excluding hydrogens is 330 g/mol. The third-order valence-electron chi connectivity index (χ3n) is 3.09. The number of ether oxygens (including phenoxy) is 2. The molecule has 0 spiro atoms. The second-order valence-electron chi connectivity index (χ2n) is 4.82. The summed E-state index contributed by atoms with van der Waals surface area (Å²) in [4.78, 5) is 32.7. The SMILES string of the molecule is CCOC(=O)Nc1nc2cc(Oc3ccc([N+](=O)[O-])cc3)cnc2[nH]1. The number of imidazole rings is 1. The lowest BCUT2D eigenvalue weighted by Crippen LogP contribution is -2.14. The lowest BCUT2D eigenvalue weighted by Gasteiger charge is -2.04. The molecule has 2 heterocycles. The van der Waals surface area contributed by atoms with Gasteiger partial charge in [-0.3, -0.25) is 15.4 Å². The number of non-ortho nitro benzene ring substituents is 1. The summed E-state index contributed by atoms with van der Waals surface area (Å²) in [7, 11) is 0. The van der Waals surface area contributed by atoms with Crippen LogP contribution >= 0.6 is 0 Å². The second-order valence-corrected chi connectivity index (χ2v) is 4.82. The largest absolute Gasteiger partial charge is 0.456 e. The van der Waals surface area contributed by atoms with Crippen molar-refractivity contribution < 1.29 is 19.2 Å². The number of carbonyl (C=O) groups is 1. The smallest absolute Gasteiger partial charge is 0.413 e. The number of amides is 1. The van der Waals surface area contributed by atoms with Crippen molar-refractivity contribution in [2.24, 2.45) is 0 Å². The van der Waals surface area contributed by atoms with Crippen LogP contribution < -0.4 is 10.1 Å². The van der Waals surface area contributed by atoms with E-state index in [9.17, 15) is 14.9 Å². The average molecular weight is 343 g/mol. The lowest BCUT2D eigenvalue weighted by atomic mass is 10.3. The summed E-state index contributed by atoms with van der Waals surface area (Å²) in [6.07, 6.45) is 0.847. The molecule has 0 aliphatic heterocycles. The van der Waals surface area contributed by atoms with Gasteiger partial charge in [0.15, 0.2) is 5.65 Å². The van der Waals surface area contributed by atoms with E-state index < -0.39 is 11.0 Å². The molecule has 1 aromatic carbocycles. The number of aromatic amines is 1. The summed E-state index contributed by atoms with van der Waals surface area (Å²) >= 11 is 0. The molecule has 3 rings (SSSR count). The van der Waals surface area contributed by atoms with Gasteiger partial charge in [-0.1, -0.05) is 0 Å². The molecule has 2 N–H and O–H groups in total. The number of hydrogen-bond acceptors (Lipinski definition) is 7. The standard InChI is InChI=1S/C15H13N5O5/c1-2-24-15(21)19-14-17-12-7-11(8-16-13(12)18-14)25-10-5-3-9(4-6-10)20(22)23/h3-8H,2H2,1H3,(H2,16,17,18,19,21). The van der Waals surface area contributed by atoms with Crippen molar-refractivity contribution >= 4 is 28.9 Å². The maximum atomic E-state index is 11.4. The topological polar surface area (TPSA) is 132 Å². The monoisotopic (exact) mass is 343 g/mol. The highest BCUT2D eigenvalue weighted by Crippen LogP contribution is 2.25. The van der Waals surface area contributed by atoms with Gasteiger partial charge in [-0.25, -0.2) is 14.8 Å². The molecule has 0 saturated carbocycles. The Hall–Kier alpha value is -3.69. The van der Waals surface area contributed by atoms with Gasteiger partial charge in [-0.2, -0.15) is 0 Å². The van der Waals surface area contributed by atoms with Gasteiger partial charge in [-0.05, 0) is 19.1 Å². The van der Waals surface area contributed by atoms with Gasteiger partial charge >= 0.3 is 6.09 Å². The number of nitro benzene ring substituents is 1. The number of H-pyrrole nitrogens is 1. The minimum Gasteiger partial charge on any atom is -0.456 e. The number of hydrogen-bond donors (Lipinski definition) is 2. The van der Waals surface area contributed by atoms with Crippen LogP contribution in [0.5, 0.6) is 11.5 Å². The normalized spacial score (nSPS) is 10.4. The number of pyridine rings is 1. The van der Waals surface area contributed by atoms with Gasteiger partial charge in [0.25, 0.3) is 5.69 Å². The number of nitrogens with zero attached hydrogens (tertiary/aromatic N) is 3. The molecule has 0 radical (unpaired) electrons. The molecule has 0 fully saturated rings. The maximum absolute atomic E-state index is 11.4. The summed E-state index contributed by atoms with van der Waals surface area (Å²) in [5.41, 5.74) is 0.914. The van der Waals surface area contributed by atoms with Crippen LogP contribution in [0.4, 0.5) is 16.4 Å². The number of nitro groups is 1. The van der Waals surface area contributed by atoms with Gasteiger partial charge in [-0.15, -0.1) is 0 Å². The van der Waals surface area contributed by atoms with E-state index in [0.717, 1.165) is 0 Å². The number of carbonyl (C=O) groups excluding carboxylic acids is 1. The lowest BCUT2D eigenvalue weighted by molar-refractivity contribution is -0.384.